The molecule has 2 nitrogen and oxygen atoms in total. The Morgan fingerprint density at radius 3 is 1.61 bits per heavy atom. The van der Waals surface area contributed by atoms with Crippen LogP contribution in [-0.4, -0.2) is 6.21 Å². The van der Waals surface area contributed by atoms with Crippen molar-refractivity contribution in [2.45, 2.75) is 0 Å². The van der Waals surface area contributed by atoms with Crippen LogP contribution in [0.15, 0.2) is 102 Å². The van der Waals surface area contributed by atoms with E-state index in [0.717, 1.165) is 16.9 Å². The second-order valence-electron chi connectivity index (χ2n) is 5.02. The van der Waals surface area contributed by atoms with E-state index in [-0.39, 0.29) is 0 Å². The molecule has 0 radical (unpaired) electrons. The molecule has 0 aliphatic heterocycles. The largest absolute Gasteiger partial charge is 0.234 e. The summed E-state index contributed by atoms with van der Waals surface area (Å²) in [5.41, 5.74) is 3.22. The average Bonchev–Trinajstić information content (AvgIpc) is 2.64. The molecule has 0 aliphatic rings. The van der Waals surface area contributed by atoms with Gasteiger partial charge in [0.15, 0.2) is 0 Å². The molecular weight excluding hydrogens is 280 g/mol. The molecule has 0 bridgehead atoms. The molecule has 3 rings (SSSR count). The van der Waals surface area contributed by atoms with Gasteiger partial charge in [-0.2, -0.15) is 5.10 Å². The number of hydrogen-bond donors (Lipinski definition) is 0. The average molecular weight is 298 g/mol. The summed E-state index contributed by atoms with van der Waals surface area (Å²) in [6.07, 6.45) is 5.80. The Balaban J connectivity index is 1.82. The smallest absolute Gasteiger partial charge is 0.0652 e. The minimum atomic E-state index is 1.03. The summed E-state index contributed by atoms with van der Waals surface area (Å²) in [6.45, 7) is 0. The molecule has 0 atom stereocenters. The van der Waals surface area contributed by atoms with E-state index in [1.54, 1.807) is 0 Å². The lowest BCUT2D eigenvalue weighted by atomic mass is 10.2. The number of nitrogens with zero attached hydrogens (tertiary/aromatic N) is 2. The Morgan fingerprint density at radius 1 is 0.609 bits per heavy atom. The van der Waals surface area contributed by atoms with Crippen LogP contribution in [0.5, 0.6) is 0 Å². The van der Waals surface area contributed by atoms with E-state index in [0.29, 0.717) is 0 Å². The van der Waals surface area contributed by atoms with Crippen molar-refractivity contribution in [3.8, 4) is 0 Å². The quantitative estimate of drug-likeness (QED) is 0.447. The predicted molar refractivity (Wildman–Crippen MR) is 99.0 cm³/mol. The Labute approximate surface area is 137 Å². The molecule has 0 amide bonds. The summed E-state index contributed by atoms with van der Waals surface area (Å²) >= 11 is 0. The molecule has 0 fully saturated rings. The van der Waals surface area contributed by atoms with Crippen LogP contribution in [-0.2, 0) is 0 Å². The molecule has 112 valence electrons. The highest BCUT2D eigenvalue weighted by Crippen LogP contribution is 2.24. The third kappa shape index (κ3) is 4.17. The predicted octanol–water partition coefficient (Wildman–Crippen LogP) is 5.52. The summed E-state index contributed by atoms with van der Waals surface area (Å²) in [5.74, 6) is 0. The third-order valence-electron chi connectivity index (χ3n) is 3.36. The van der Waals surface area contributed by atoms with Gasteiger partial charge in [-0.25, -0.2) is 5.01 Å². The highest BCUT2D eigenvalue weighted by atomic mass is 15.5. The zero-order valence-electron chi connectivity index (χ0n) is 12.8. The van der Waals surface area contributed by atoms with Crippen molar-refractivity contribution in [3.05, 3.63) is 103 Å². The number of para-hydroxylation sites is 2. The molecule has 0 saturated carbocycles. The molecule has 0 saturated heterocycles. The molecule has 0 N–H and O–H groups in total. The number of hydrogen-bond acceptors (Lipinski definition) is 2. The van der Waals surface area contributed by atoms with Crippen LogP contribution in [0.25, 0.3) is 6.08 Å². The van der Waals surface area contributed by atoms with E-state index in [9.17, 15) is 0 Å². The number of anilines is 2. The van der Waals surface area contributed by atoms with Crippen molar-refractivity contribution in [2.75, 3.05) is 5.01 Å². The van der Waals surface area contributed by atoms with Gasteiger partial charge in [-0.05, 0) is 35.9 Å². The summed E-state index contributed by atoms with van der Waals surface area (Å²) < 4.78 is 0. The maximum absolute atomic E-state index is 4.60. The van der Waals surface area contributed by atoms with Gasteiger partial charge in [0.2, 0.25) is 0 Å². The molecule has 0 aliphatic carbocycles. The van der Waals surface area contributed by atoms with Crippen molar-refractivity contribution in [3.63, 3.8) is 0 Å². The molecule has 3 aromatic rings. The number of rotatable bonds is 5. The van der Waals surface area contributed by atoms with Crippen molar-refractivity contribution in [1.29, 1.82) is 0 Å². The van der Waals surface area contributed by atoms with E-state index in [4.69, 9.17) is 0 Å². The molecule has 3 aromatic carbocycles. The van der Waals surface area contributed by atoms with E-state index >= 15 is 0 Å². The Bertz CT molecular complexity index is 723. The summed E-state index contributed by atoms with van der Waals surface area (Å²) in [4.78, 5) is 0. The first-order valence-corrected chi connectivity index (χ1v) is 7.59. The van der Waals surface area contributed by atoms with Crippen molar-refractivity contribution < 1.29 is 0 Å². The van der Waals surface area contributed by atoms with Gasteiger partial charge in [-0.15, -0.1) is 0 Å². The molecule has 0 aromatic heterocycles. The van der Waals surface area contributed by atoms with Gasteiger partial charge in [0.25, 0.3) is 0 Å². The lowest BCUT2D eigenvalue weighted by molar-refractivity contribution is 1.09. The van der Waals surface area contributed by atoms with Crippen LogP contribution in [0.4, 0.5) is 11.4 Å². The fraction of sp³-hybridized carbons (Fsp3) is 0. The topological polar surface area (TPSA) is 15.6 Å². The zero-order chi connectivity index (χ0) is 15.7. The van der Waals surface area contributed by atoms with Crippen LogP contribution in [0.3, 0.4) is 0 Å². The van der Waals surface area contributed by atoms with Crippen LogP contribution in [0, 0.1) is 0 Å². The monoisotopic (exact) mass is 298 g/mol. The number of hydrazone groups is 1. The normalized spacial score (nSPS) is 11.1. The maximum atomic E-state index is 4.60. The third-order valence-corrected chi connectivity index (χ3v) is 3.36. The zero-order valence-corrected chi connectivity index (χ0v) is 12.8. The molecule has 23 heavy (non-hydrogen) atoms. The standard InChI is InChI=1S/C21H18N2/c1-4-11-19(12-5-1)13-10-18-22-23(20-14-6-2-7-15-20)21-16-8-3-9-17-21/h1-18H/b13-10+,22-18-. The van der Waals surface area contributed by atoms with Gasteiger partial charge in [0.1, 0.15) is 0 Å². The lowest BCUT2D eigenvalue weighted by Gasteiger charge is -2.18. The molecule has 0 spiro atoms. The lowest BCUT2D eigenvalue weighted by Crippen LogP contribution is -2.08. The molecule has 2 heteroatoms. The SMILES string of the molecule is C(/C=C/c1ccccc1)=N/N(c1ccccc1)c1ccccc1. The molecule has 0 unspecified atom stereocenters. The van der Waals surface area contributed by atoms with E-state index in [2.05, 4.69) is 17.2 Å². The van der Waals surface area contributed by atoms with E-state index in [1.165, 1.54) is 0 Å². The fourth-order valence-electron chi connectivity index (χ4n) is 2.24. The van der Waals surface area contributed by atoms with Gasteiger partial charge in [-0.3, -0.25) is 0 Å². The van der Waals surface area contributed by atoms with Crippen molar-refractivity contribution >= 4 is 23.7 Å². The highest BCUT2D eigenvalue weighted by molar-refractivity contribution is 5.80. The van der Waals surface area contributed by atoms with Crippen LogP contribution in [0.2, 0.25) is 0 Å². The van der Waals surface area contributed by atoms with Crippen molar-refractivity contribution in [1.82, 2.24) is 0 Å². The van der Waals surface area contributed by atoms with Gasteiger partial charge < -0.3 is 0 Å². The first-order chi connectivity index (χ1) is 11.4. The second-order valence-corrected chi connectivity index (χ2v) is 5.02. The first-order valence-electron chi connectivity index (χ1n) is 7.59. The Morgan fingerprint density at radius 2 is 1.09 bits per heavy atom. The molecular formula is C21H18N2. The van der Waals surface area contributed by atoms with Crippen LogP contribution in [0.1, 0.15) is 5.56 Å². The highest BCUT2D eigenvalue weighted by Gasteiger charge is 2.05. The summed E-state index contributed by atoms with van der Waals surface area (Å²) in [6, 6.07) is 30.5. The minimum Gasteiger partial charge on any atom is -0.234 e. The maximum Gasteiger partial charge on any atom is 0.0652 e. The van der Waals surface area contributed by atoms with E-state index in [1.807, 2.05) is 102 Å². The summed E-state index contributed by atoms with van der Waals surface area (Å²) in [5, 5.41) is 6.53. The summed E-state index contributed by atoms with van der Waals surface area (Å²) in [7, 11) is 0. The minimum absolute atomic E-state index is 1.03. The second kappa shape index (κ2) is 7.76. The fourth-order valence-corrected chi connectivity index (χ4v) is 2.24. The number of benzene rings is 3. The first kappa shape index (κ1) is 14.8. The van der Waals surface area contributed by atoms with Gasteiger partial charge in [0, 0.05) is 6.21 Å². The van der Waals surface area contributed by atoms with Gasteiger partial charge in [0.05, 0.1) is 11.4 Å². The van der Waals surface area contributed by atoms with Gasteiger partial charge >= 0.3 is 0 Å². The number of allylic oxidation sites excluding steroid dienone is 1. The van der Waals surface area contributed by atoms with Crippen LogP contribution >= 0.6 is 0 Å². The van der Waals surface area contributed by atoms with Gasteiger partial charge in [-0.1, -0.05) is 72.8 Å². The van der Waals surface area contributed by atoms with E-state index < -0.39 is 0 Å². The van der Waals surface area contributed by atoms with Crippen molar-refractivity contribution in [2.24, 2.45) is 5.10 Å². The van der Waals surface area contributed by atoms with Crippen LogP contribution < -0.4 is 5.01 Å². The molecule has 0 heterocycles. The Kier molecular flexibility index (Phi) is 4.99. The Hall–Kier alpha value is -3.13.